The molecular formula is C15H26N2OS. The van der Waals surface area contributed by atoms with Gasteiger partial charge in [0.25, 0.3) is 0 Å². The van der Waals surface area contributed by atoms with Gasteiger partial charge in [0.05, 0.1) is 10.4 Å². The van der Waals surface area contributed by atoms with Crippen LogP contribution in [0.1, 0.15) is 64.7 Å². The van der Waals surface area contributed by atoms with E-state index in [9.17, 15) is 4.79 Å². The summed E-state index contributed by atoms with van der Waals surface area (Å²) in [5, 5.41) is 0. The third-order valence-electron chi connectivity index (χ3n) is 4.95. The van der Waals surface area contributed by atoms with E-state index < -0.39 is 5.41 Å². The minimum atomic E-state index is -0.529. The molecule has 2 aliphatic rings. The number of likely N-dealkylation sites (tertiary alicyclic amines) is 1. The van der Waals surface area contributed by atoms with Gasteiger partial charge in [-0.15, -0.1) is 0 Å². The monoisotopic (exact) mass is 282 g/mol. The second-order valence-electron chi connectivity index (χ2n) is 6.06. The standard InChI is InChI=1S/C15H26N2OS/c1-2-12-8-4-7-11-17(12)14(18)15(13(16)19)9-5-3-6-10-15/h12H,2-11H2,1H3,(H2,16,19). The first-order valence-electron chi connectivity index (χ1n) is 7.73. The van der Waals surface area contributed by atoms with Crippen molar-refractivity contribution in [3.8, 4) is 0 Å². The molecule has 0 bridgehead atoms. The Morgan fingerprint density at radius 3 is 2.53 bits per heavy atom. The number of nitrogens with two attached hydrogens (primary N) is 1. The van der Waals surface area contributed by atoms with Crippen molar-refractivity contribution in [2.45, 2.75) is 70.8 Å². The molecule has 108 valence electrons. The van der Waals surface area contributed by atoms with Gasteiger partial charge in [0.15, 0.2) is 0 Å². The van der Waals surface area contributed by atoms with Crippen molar-refractivity contribution < 1.29 is 4.79 Å². The fourth-order valence-corrected chi connectivity index (χ4v) is 3.98. The molecule has 19 heavy (non-hydrogen) atoms. The molecule has 1 heterocycles. The van der Waals surface area contributed by atoms with Crippen molar-refractivity contribution >= 4 is 23.1 Å². The zero-order chi connectivity index (χ0) is 13.9. The molecule has 1 amide bonds. The molecule has 1 saturated carbocycles. The van der Waals surface area contributed by atoms with Crippen LogP contribution >= 0.6 is 12.2 Å². The smallest absolute Gasteiger partial charge is 0.235 e. The van der Waals surface area contributed by atoms with E-state index in [2.05, 4.69) is 11.8 Å². The van der Waals surface area contributed by atoms with Gasteiger partial charge in [0.2, 0.25) is 5.91 Å². The molecule has 4 heteroatoms. The van der Waals surface area contributed by atoms with Gasteiger partial charge in [0.1, 0.15) is 0 Å². The van der Waals surface area contributed by atoms with E-state index in [0.29, 0.717) is 11.0 Å². The molecule has 1 aliphatic carbocycles. The second-order valence-corrected chi connectivity index (χ2v) is 6.50. The normalized spacial score (nSPS) is 27.0. The summed E-state index contributed by atoms with van der Waals surface area (Å²) < 4.78 is 0. The van der Waals surface area contributed by atoms with E-state index >= 15 is 0 Å². The van der Waals surface area contributed by atoms with Gasteiger partial charge in [-0.2, -0.15) is 0 Å². The maximum Gasteiger partial charge on any atom is 0.235 e. The Balaban J connectivity index is 2.21. The minimum absolute atomic E-state index is 0.228. The lowest BCUT2D eigenvalue weighted by Gasteiger charge is -2.43. The summed E-state index contributed by atoms with van der Waals surface area (Å²) in [5.41, 5.74) is 5.45. The molecule has 2 N–H and O–H groups in total. The van der Waals surface area contributed by atoms with Crippen LogP contribution < -0.4 is 5.73 Å². The summed E-state index contributed by atoms with van der Waals surface area (Å²) in [4.78, 5) is 15.6. The molecule has 1 atom stereocenters. The SMILES string of the molecule is CCC1CCCCN1C(=O)C1(C(N)=S)CCCCC1. The molecule has 2 fully saturated rings. The number of thiocarbonyl (C=S) groups is 1. The maximum absolute atomic E-state index is 13.0. The molecule has 1 saturated heterocycles. The van der Waals surface area contributed by atoms with Crippen LogP contribution in [0.5, 0.6) is 0 Å². The Morgan fingerprint density at radius 1 is 1.26 bits per heavy atom. The number of amides is 1. The first kappa shape index (κ1) is 14.8. The van der Waals surface area contributed by atoms with Crippen molar-refractivity contribution in [2.75, 3.05) is 6.54 Å². The van der Waals surface area contributed by atoms with Gasteiger partial charge in [-0.3, -0.25) is 4.79 Å². The quantitative estimate of drug-likeness (QED) is 0.809. The number of hydrogen-bond acceptors (Lipinski definition) is 2. The van der Waals surface area contributed by atoms with Crippen molar-refractivity contribution in [1.29, 1.82) is 0 Å². The van der Waals surface area contributed by atoms with Crippen LogP contribution in [0.4, 0.5) is 0 Å². The highest BCUT2D eigenvalue weighted by Gasteiger charge is 2.46. The molecule has 2 rings (SSSR count). The lowest BCUT2D eigenvalue weighted by molar-refractivity contribution is -0.143. The van der Waals surface area contributed by atoms with E-state index in [-0.39, 0.29) is 5.91 Å². The minimum Gasteiger partial charge on any atom is -0.392 e. The molecule has 0 spiro atoms. The van der Waals surface area contributed by atoms with Crippen LogP contribution in [0.25, 0.3) is 0 Å². The van der Waals surface area contributed by atoms with Crippen LogP contribution in [-0.2, 0) is 4.79 Å². The van der Waals surface area contributed by atoms with Gasteiger partial charge in [0, 0.05) is 12.6 Å². The number of carbonyl (C=O) groups is 1. The first-order valence-corrected chi connectivity index (χ1v) is 8.13. The topological polar surface area (TPSA) is 46.3 Å². The van der Waals surface area contributed by atoms with Crippen molar-refractivity contribution in [2.24, 2.45) is 11.1 Å². The lowest BCUT2D eigenvalue weighted by atomic mass is 9.72. The van der Waals surface area contributed by atoms with Crippen molar-refractivity contribution in [3.05, 3.63) is 0 Å². The molecule has 0 aromatic rings. The summed E-state index contributed by atoms with van der Waals surface area (Å²) in [6.07, 6.45) is 9.60. The zero-order valence-corrected chi connectivity index (χ0v) is 12.8. The highest BCUT2D eigenvalue weighted by atomic mass is 32.1. The lowest BCUT2D eigenvalue weighted by Crippen LogP contribution is -2.55. The van der Waals surface area contributed by atoms with Crippen molar-refractivity contribution in [3.63, 3.8) is 0 Å². The molecule has 0 aromatic carbocycles. The summed E-state index contributed by atoms with van der Waals surface area (Å²) in [7, 11) is 0. The fourth-order valence-electron chi connectivity index (χ4n) is 3.69. The van der Waals surface area contributed by atoms with Gasteiger partial charge >= 0.3 is 0 Å². The van der Waals surface area contributed by atoms with E-state index in [4.69, 9.17) is 18.0 Å². The van der Waals surface area contributed by atoms with Crippen LogP contribution in [0, 0.1) is 5.41 Å². The Kier molecular flexibility index (Phi) is 4.82. The molecular weight excluding hydrogens is 256 g/mol. The summed E-state index contributed by atoms with van der Waals surface area (Å²) >= 11 is 5.28. The Labute approximate surface area is 121 Å². The fraction of sp³-hybridized carbons (Fsp3) is 0.867. The number of carbonyl (C=O) groups excluding carboxylic acids is 1. The van der Waals surface area contributed by atoms with E-state index in [1.54, 1.807) is 0 Å². The third-order valence-corrected chi connectivity index (χ3v) is 5.34. The van der Waals surface area contributed by atoms with E-state index in [0.717, 1.165) is 51.5 Å². The van der Waals surface area contributed by atoms with Crippen LogP contribution in [0.2, 0.25) is 0 Å². The Morgan fingerprint density at radius 2 is 1.95 bits per heavy atom. The van der Waals surface area contributed by atoms with Crippen LogP contribution in [0.15, 0.2) is 0 Å². The summed E-state index contributed by atoms with van der Waals surface area (Å²) in [6, 6.07) is 0.398. The largest absolute Gasteiger partial charge is 0.392 e. The highest BCUT2D eigenvalue weighted by Crippen LogP contribution is 2.40. The van der Waals surface area contributed by atoms with E-state index in [1.165, 1.54) is 12.8 Å². The summed E-state index contributed by atoms with van der Waals surface area (Å²) in [6.45, 7) is 3.06. The third kappa shape index (κ3) is 2.78. The molecule has 0 aromatic heterocycles. The first-order chi connectivity index (χ1) is 9.12. The number of nitrogens with zero attached hydrogens (tertiary/aromatic N) is 1. The number of hydrogen-bond donors (Lipinski definition) is 1. The van der Waals surface area contributed by atoms with Gasteiger partial charge in [-0.05, 0) is 38.5 Å². The predicted octanol–water partition coefficient (Wildman–Crippen LogP) is 3.01. The number of piperidine rings is 1. The second kappa shape index (κ2) is 6.21. The molecule has 1 unspecified atom stereocenters. The highest BCUT2D eigenvalue weighted by molar-refractivity contribution is 7.80. The Hall–Kier alpha value is -0.640. The average molecular weight is 282 g/mol. The summed E-state index contributed by atoms with van der Waals surface area (Å²) in [5.74, 6) is 0.228. The van der Waals surface area contributed by atoms with Crippen LogP contribution in [0.3, 0.4) is 0 Å². The predicted molar refractivity (Wildman–Crippen MR) is 81.9 cm³/mol. The number of rotatable bonds is 3. The van der Waals surface area contributed by atoms with E-state index in [1.807, 2.05) is 0 Å². The van der Waals surface area contributed by atoms with Gasteiger partial charge < -0.3 is 10.6 Å². The molecule has 3 nitrogen and oxygen atoms in total. The van der Waals surface area contributed by atoms with Gasteiger partial charge in [-0.1, -0.05) is 38.4 Å². The Bertz CT molecular complexity index is 350. The van der Waals surface area contributed by atoms with Crippen LogP contribution in [-0.4, -0.2) is 28.4 Å². The van der Waals surface area contributed by atoms with Gasteiger partial charge in [-0.25, -0.2) is 0 Å². The average Bonchev–Trinajstić information content (AvgIpc) is 2.47. The molecule has 0 radical (unpaired) electrons. The maximum atomic E-state index is 13.0. The van der Waals surface area contributed by atoms with Crippen molar-refractivity contribution in [1.82, 2.24) is 4.90 Å². The zero-order valence-electron chi connectivity index (χ0n) is 12.0. The molecule has 1 aliphatic heterocycles.